The minimum atomic E-state index is -4.41. The van der Waals surface area contributed by atoms with Gasteiger partial charge in [-0.2, -0.15) is 13.2 Å². The Labute approximate surface area is 129 Å². The van der Waals surface area contributed by atoms with Crippen molar-refractivity contribution in [3.05, 3.63) is 53.6 Å². The maximum atomic E-state index is 13.3. The molecule has 1 heterocycles. The zero-order chi connectivity index (χ0) is 15.5. The van der Waals surface area contributed by atoms with Crippen molar-refractivity contribution in [2.75, 3.05) is 7.05 Å². The third-order valence-corrected chi connectivity index (χ3v) is 3.82. The molecule has 21 heavy (non-hydrogen) atoms. The summed E-state index contributed by atoms with van der Waals surface area (Å²) in [6.45, 7) is 0. The lowest BCUT2D eigenvalue weighted by Gasteiger charge is -2.29. The van der Waals surface area contributed by atoms with Crippen LogP contribution < -0.4 is 0 Å². The summed E-state index contributed by atoms with van der Waals surface area (Å²) in [5.74, 6) is 0. The molecule has 3 nitrogen and oxygen atoms in total. The van der Waals surface area contributed by atoms with Crippen molar-refractivity contribution in [3.63, 3.8) is 0 Å². The summed E-state index contributed by atoms with van der Waals surface area (Å²) in [4.78, 5) is 8.10. The average molecular weight is 334 g/mol. The summed E-state index contributed by atoms with van der Waals surface area (Å²) in [5, 5.41) is 0.395. The minimum Gasteiger partial charge on any atom is -0.244 e. The Bertz CT molecular complexity index is 577. The molecular formula is C13H11ClF3N3S. The monoisotopic (exact) mass is 333 g/mol. The standard InChI is InChI=1S/C13H11ClF3N3S/c1-20(21-11-6-18-8-19-7-11)12(13(15,16)17)9-2-4-10(14)5-3-9/h2-8,12H,1H3. The van der Waals surface area contributed by atoms with E-state index in [9.17, 15) is 13.2 Å². The first-order valence-electron chi connectivity index (χ1n) is 5.86. The lowest BCUT2D eigenvalue weighted by Crippen LogP contribution is -2.31. The van der Waals surface area contributed by atoms with Crippen molar-refractivity contribution in [2.45, 2.75) is 17.1 Å². The van der Waals surface area contributed by atoms with E-state index in [-0.39, 0.29) is 5.56 Å². The molecule has 0 radical (unpaired) electrons. The van der Waals surface area contributed by atoms with E-state index in [1.807, 2.05) is 0 Å². The van der Waals surface area contributed by atoms with E-state index >= 15 is 0 Å². The number of alkyl halides is 3. The van der Waals surface area contributed by atoms with Crippen molar-refractivity contribution in [1.29, 1.82) is 0 Å². The van der Waals surface area contributed by atoms with Gasteiger partial charge >= 0.3 is 6.18 Å². The largest absolute Gasteiger partial charge is 0.408 e. The molecule has 1 unspecified atom stereocenters. The van der Waals surface area contributed by atoms with Crippen LogP contribution in [0, 0.1) is 0 Å². The minimum absolute atomic E-state index is 0.124. The number of benzene rings is 1. The second-order valence-electron chi connectivity index (χ2n) is 4.21. The number of nitrogens with zero attached hydrogens (tertiary/aromatic N) is 3. The van der Waals surface area contributed by atoms with Gasteiger partial charge in [0.1, 0.15) is 12.4 Å². The first-order chi connectivity index (χ1) is 9.88. The number of halogens is 4. The molecule has 0 N–H and O–H groups in total. The van der Waals surface area contributed by atoms with E-state index in [0.717, 1.165) is 16.3 Å². The van der Waals surface area contributed by atoms with E-state index < -0.39 is 12.2 Å². The predicted octanol–water partition coefficient (Wildman–Crippen LogP) is 4.37. The van der Waals surface area contributed by atoms with Crippen molar-refractivity contribution in [2.24, 2.45) is 0 Å². The molecule has 0 saturated carbocycles. The van der Waals surface area contributed by atoms with E-state index in [0.29, 0.717) is 9.92 Å². The van der Waals surface area contributed by atoms with Gasteiger partial charge < -0.3 is 0 Å². The highest BCUT2D eigenvalue weighted by molar-refractivity contribution is 7.97. The number of hydrogen-bond acceptors (Lipinski definition) is 4. The van der Waals surface area contributed by atoms with Gasteiger partial charge in [0.15, 0.2) is 0 Å². The highest BCUT2D eigenvalue weighted by Gasteiger charge is 2.44. The molecule has 0 amide bonds. The smallest absolute Gasteiger partial charge is 0.244 e. The zero-order valence-electron chi connectivity index (χ0n) is 10.9. The van der Waals surface area contributed by atoms with E-state index in [2.05, 4.69) is 9.97 Å². The van der Waals surface area contributed by atoms with Gasteiger partial charge in [-0.05, 0) is 36.7 Å². The molecule has 0 spiro atoms. The van der Waals surface area contributed by atoms with Crippen LogP contribution in [0.2, 0.25) is 5.02 Å². The van der Waals surface area contributed by atoms with E-state index in [4.69, 9.17) is 11.6 Å². The summed E-state index contributed by atoms with van der Waals surface area (Å²) in [6.07, 6.45) is -0.164. The van der Waals surface area contributed by atoms with Crippen LogP contribution in [0.5, 0.6) is 0 Å². The van der Waals surface area contributed by atoms with Crippen LogP contribution in [0.3, 0.4) is 0 Å². The van der Waals surface area contributed by atoms with Gasteiger partial charge in [-0.25, -0.2) is 14.3 Å². The molecule has 0 saturated heterocycles. The second-order valence-corrected chi connectivity index (χ2v) is 5.87. The number of rotatable bonds is 4. The fourth-order valence-electron chi connectivity index (χ4n) is 1.80. The molecule has 2 rings (SSSR count). The van der Waals surface area contributed by atoms with Gasteiger partial charge in [0, 0.05) is 17.4 Å². The van der Waals surface area contributed by atoms with Crippen molar-refractivity contribution in [3.8, 4) is 0 Å². The Morgan fingerprint density at radius 1 is 1.14 bits per heavy atom. The maximum absolute atomic E-state index is 13.3. The normalized spacial score (nSPS) is 13.4. The highest BCUT2D eigenvalue weighted by Crippen LogP contribution is 2.41. The quantitative estimate of drug-likeness (QED) is 0.777. The van der Waals surface area contributed by atoms with Crippen LogP contribution in [0.15, 0.2) is 47.9 Å². The van der Waals surface area contributed by atoms with Crippen LogP contribution in [0.4, 0.5) is 13.2 Å². The molecule has 1 aromatic heterocycles. The average Bonchev–Trinajstić information content (AvgIpc) is 2.41. The fourth-order valence-corrected chi connectivity index (χ4v) is 2.82. The molecule has 1 atom stereocenters. The van der Waals surface area contributed by atoms with Gasteiger partial charge in [-0.15, -0.1) is 0 Å². The summed E-state index contributed by atoms with van der Waals surface area (Å²) in [5.41, 5.74) is 0.124. The van der Waals surface area contributed by atoms with Crippen LogP contribution in [0.25, 0.3) is 0 Å². The SMILES string of the molecule is CN(Sc1cncnc1)C(c1ccc(Cl)cc1)C(F)(F)F. The zero-order valence-corrected chi connectivity index (χ0v) is 12.5. The second kappa shape index (κ2) is 6.64. The van der Waals surface area contributed by atoms with Crippen LogP contribution in [0.1, 0.15) is 11.6 Å². The van der Waals surface area contributed by atoms with Gasteiger partial charge in [0.2, 0.25) is 0 Å². The first-order valence-corrected chi connectivity index (χ1v) is 7.01. The summed E-state index contributed by atoms with van der Waals surface area (Å²) >= 11 is 6.66. The summed E-state index contributed by atoms with van der Waals surface area (Å²) in [7, 11) is 1.38. The predicted molar refractivity (Wildman–Crippen MR) is 75.9 cm³/mol. The lowest BCUT2D eigenvalue weighted by molar-refractivity contribution is -0.169. The highest BCUT2D eigenvalue weighted by atomic mass is 35.5. The molecule has 2 aromatic rings. The van der Waals surface area contributed by atoms with E-state index in [1.54, 1.807) is 0 Å². The molecular weight excluding hydrogens is 323 g/mol. The Morgan fingerprint density at radius 2 is 1.71 bits per heavy atom. The third kappa shape index (κ3) is 4.33. The molecule has 1 aromatic carbocycles. The molecule has 0 aliphatic carbocycles. The Morgan fingerprint density at radius 3 is 2.24 bits per heavy atom. The molecule has 0 fully saturated rings. The van der Waals surface area contributed by atoms with Gasteiger partial charge in [-0.3, -0.25) is 0 Å². The topological polar surface area (TPSA) is 29.0 Å². The maximum Gasteiger partial charge on any atom is 0.408 e. The number of hydrogen-bond donors (Lipinski definition) is 0. The molecule has 8 heteroatoms. The van der Waals surface area contributed by atoms with Crippen LogP contribution >= 0.6 is 23.5 Å². The molecule has 0 aliphatic rings. The first kappa shape index (κ1) is 16.1. The molecule has 0 aliphatic heterocycles. The molecule has 0 bridgehead atoms. The summed E-state index contributed by atoms with van der Waals surface area (Å²) < 4.78 is 41.1. The summed E-state index contributed by atoms with van der Waals surface area (Å²) in [6, 6.07) is 3.89. The van der Waals surface area contributed by atoms with Crippen LogP contribution in [-0.2, 0) is 0 Å². The Kier molecular flexibility index (Phi) is 5.08. The van der Waals surface area contributed by atoms with Gasteiger partial charge in [-0.1, -0.05) is 23.7 Å². The lowest BCUT2D eigenvalue weighted by atomic mass is 10.1. The van der Waals surface area contributed by atoms with Crippen molar-refractivity contribution >= 4 is 23.5 Å². The Hall–Kier alpha value is -1.31. The van der Waals surface area contributed by atoms with E-state index in [1.165, 1.54) is 50.0 Å². The number of aromatic nitrogens is 2. The van der Waals surface area contributed by atoms with Gasteiger partial charge in [0.25, 0.3) is 0 Å². The molecule has 112 valence electrons. The van der Waals surface area contributed by atoms with Crippen molar-refractivity contribution < 1.29 is 13.2 Å². The fraction of sp³-hybridized carbons (Fsp3) is 0.231. The third-order valence-electron chi connectivity index (χ3n) is 2.65. The Balaban J connectivity index is 2.26. The van der Waals surface area contributed by atoms with Crippen molar-refractivity contribution in [1.82, 2.24) is 14.3 Å². The van der Waals surface area contributed by atoms with Gasteiger partial charge in [0.05, 0.1) is 4.90 Å². The van der Waals surface area contributed by atoms with Crippen LogP contribution in [-0.4, -0.2) is 27.5 Å².